The van der Waals surface area contributed by atoms with Crippen molar-refractivity contribution in [1.82, 2.24) is 4.72 Å². The van der Waals surface area contributed by atoms with Crippen LogP contribution in [0, 0.1) is 12.7 Å². The van der Waals surface area contributed by atoms with Crippen LogP contribution in [-0.2, 0) is 16.4 Å². The molecule has 0 radical (unpaired) electrons. The van der Waals surface area contributed by atoms with E-state index < -0.39 is 15.8 Å². The molecule has 5 heteroatoms. The second kappa shape index (κ2) is 7.51. The van der Waals surface area contributed by atoms with Crippen LogP contribution in [0.25, 0.3) is 0 Å². The fourth-order valence-corrected chi connectivity index (χ4v) is 3.57. The van der Waals surface area contributed by atoms with Crippen molar-refractivity contribution < 1.29 is 12.8 Å². The zero-order chi connectivity index (χ0) is 16.0. The predicted molar refractivity (Wildman–Crippen MR) is 85.7 cm³/mol. The number of rotatable bonds is 7. The molecule has 0 saturated heterocycles. The SMILES string of the molecule is Cc1ccc(F)cc1S(=O)(=O)NCCCCc1ccccc1. The van der Waals surface area contributed by atoms with Gasteiger partial charge in [-0.3, -0.25) is 0 Å². The standard InChI is InChI=1S/C17H20FNO2S/c1-14-10-11-16(18)13-17(14)22(20,21)19-12-6-5-9-15-7-3-2-4-8-15/h2-4,7-8,10-11,13,19H,5-6,9,12H2,1H3. The van der Waals surface area contributed by atoms with Gasteiger partial charge in [-0.05, 0) is 49.4 Å². The first-order valence-electron chi connectivity index (χ1n) is 7.29. The summed E-state index contributed by atoms with van der Waals surface area (Å²) >= 11 is 0. The molecule has 0 spiro atoms. The van der Waals surface area contributed by atoms with Crippen LogP contribution in [-0.4, -0.2) is 15.0 Å². The number of hydrogen-bond donors (Lipinski definition) is 1. The maximum Gasteiger partial charge on any atom is 0.240 e. The van der Waals surface area contributed by atoms with Crippen LogP contribution in [0.5, 0.6) is 0 Å². The molecule has 0 bridgehead atoms. The number of halogens is 1. The van der Waals surface area contributed by atoms with E-state index in [0.29, 0.717) is 12.1 Å². The highest BCUT2D eigenvalue weighted by molar-refractivity contribution is 7.89. The molecule has 0 aliphatic carbocycles. The summed E-state index contributed by atoms with van der Waals surface area (Å²) in [4.78, 5) is 0.00978. The van der Waals surface area contributed by atoms with Crippen LogP contribution in [0.2, 0.25) is 0 Å². The maximum absolute atomic E-state index is 13.2. The highest BCUT2D eigenvalue weighted by Crippen LogP contribution is 2.16. The zero-order valence-corrected chi connectivity index (χ0v) is 13.4. The summed E-state index contributed by atoms with van der Waals surface area (Å²) in [6.45, 7) is 2.01. The van der Waals surface area contributed by atoms with E-state index in [1.54, 1.807) is 6.92 Å². The summed E-state index contributed by atoms with van der Waals surface area (Å²) in [7, 11) is -3.65. The number of benzene rings is 2. The van der Waals surface area contributed by atoms with Crippen LogP contribution < -0.4 is 4.72 Å². The minimum atomic E-state index is -3.65. The van der Waals surface area contributed by atoms with E-state index in [1.165, 1.54) is 17.7 Å². The molecule has 22 heavy (non-hydrogen) atoms. The van der Waals surface area contributed by atoms with Crippen molar-refractivity contribution in [2.45, 2.75) is 31.1 Å². The van der Waals surface area contributed by atoms with E-state index in [4.69, 9.17) is 0 Å². The summed E-state index contributed by atoms with van der Waals surface area (Å²) in [5.41, 5.74) is 1.78. The van der Waals surface area contributed by atoms with E-state index in [9.17, 15) is 12.8 Å². The van der Waals surface area contributed by atoms with Crippen molar-refractivity contribution in [2.24, 2.45) is 0 Å². The molecular weight excluding hydrogens is 301 g/mol. The van der Waals surface area contributed by atoms with Gasteiger partial charge in [-0.2, -0.15) is 0 Å². The average molecular weight is 321 g/mol. The number of sulfonamides is 1. The normalized spacial score (nSPS) is 11.5. The third-order valence-electron chi connectivity index (χ3n) is 3.47. The largest absolute Gasteiger partial charge is 0.240 e. The van der Waals surface area contributed by atoms with E-state index in [-0.39, 0.29) is 4.90 Å². The molecule has 2 rings (SSSR count). The van der Waals surface area contributed by atoms with Gasteiger partial charge in [-0.25, -0.2) is 17.5 Å². The number of hydrogen-bond acceptors (Lipinski definition) is 2. The van der Waals surface area contributed by atoms with Gasteiger partial charge in [-0.1, -0.05) is 36.4 Å². The molecule has 2 aromatic carbocycles. The molecule has 0 heterocycles. The molecule has 0 atom stereocenters. The second-order valence-electron chi connectivity index (χ2n) is 5.25. The second-order valence-corrected chi connectivity index (χ2v) is 6.99. The predicted octanol–water partition coefficient (Wildman–Crippen LogP) is 3.44. The van der Waals surface area contributed by atoms with Gasteiger partial charge < -0.3 is 0 Å². The minimum absolute atomic E-state index is 0.00978. The first-order valence-corrected chi connectivity index (χ1v) is 8.77. The Morgan fingerprint density at radius 2 is 1.77 bits per heavy atom. The third kappa shape index (κ3) is 4.64. The summed E-state index contributed by atoms with van der Waals surface area (Å²) < 4.78 is 40.1. The van der Waals surface area contributed by atoms with Gasteiger partial charge in [0.1, 0.15) is 5.82 Å². The molecule has 3 nitrogen and oxygen atoms in total. The van der Waals surface area contributed by atoms with Gasteiger partial charge >= 0.3 is 0 Å². The summed E-state index contributed by atoms with van der Waals surface area (Å²) in [5, 5.41) is 0. The average Bonchev–Trinajstić information content (AvgIpc) is 2.50. The van der Waals surface area contributed by atoms with Crippen LogP contribution >= 0.6 is 0 Å². The van der Waals surface area contributed by atoms with Gasteiger partial charge in [0.15, 0.2) is 0 Å². The molecule has 2 aromatic rings. The monoisotopic (exact) mass is 321 g/mol. The van der Waals surface area contributed by atoms with Gasteiger partial charge in [0.25, 0.3) is 0 Å². The Kier molecular flexibility index (Phi) is 5.69. The highest BCUT2D eigenvalue weighted by atomic mass is 32.2. The van der Waals surface area contributed by atoms with E-state index >= 15 is 0 Å². The first-order chi connectivity index (χ1) is 10.5. The van der Waals surface area contributed by atoms with Gasteiger partial charge in [0, 0.05) is 6.54 Å². The number of aryl methyl sites for hydroxylation is 2. The van der Waals surface area contributed by atoms with Crippen molar-refractivity contribution in [3.63, 3.8) is 0 Å². The lowest BCUT2D eigenvalue weighted by atomic mass is 10.1. The Morgan fingerprint density at radius 3 is 2.50 bits per heavy atom. The van der Waals surface area contributed by atoms with Crippen LogP contribution in [0.1, 0.15) is 24.0 Å². The number of unbranched alkanes of at least 4 members (excludes halogenated alkanes) is 1. The summed E-state index contributed by atoms with van der Waals surface area (Å²) in [6.07, 6.45) is 2.55. The van der Waals surface area contributed by atoms with E-state index in [0.717, 1.165) is 25.3 Å². The lowest BCUT2D eigenvalue weighted by Crippen LogP contribution is -2.25. The van der Waals surface area contributed by atoms with Gasteiger partial charge in [0.05, 0.1) is 4.90 Å². The maximum atomic E-state index is 13.2. The van der Waals surface area contributed by atoms with Crippen molar-refractivity contribution in [3.05, 3.63) is 65.5 Å². The highest BCUT2D eigenvalue weighted by Gasteiger charge is 2.16. The smallest absolute Gasteiger partial charge is 0.211 e. The van der Waals surface area contributed by atoms with Crippen LogP contribution in [0.4, 0.5) is 4.39 Å². The van der Waals surface area contributed by atoms with Gasteiger partial charge in [0.2, 0.25) is 10.0 Å². The van der Waals surface area contributed by atoms with Gasteiger partial charge in [-0.15, -0.1) is 0 Å². The molecular formula is C17H20FNO2S. The molecule has 118 valence electrons. The van der Waals surface area contributed by atoms with Crippen molar-refractivity contribution >= 4 is 10.0 Å². The third-order valence-corrected chi connectivity index (χ3v) is 5.07. The van der Waals surface area contributed by atoms with E-state index in [1.807, 2.05) is 18.2 Å². The molecule has 0 aromatic heterocycles. The summed E-state index contributed by atoms with van der Waals surface area (Å²) in [5.74, 6) is -0.546. The Balaban J connectivity index is 1.84. The first kappa shape index (κ1) is 16.6. The zero-order valence-electron chi connectivity index (χ0n) is 12.5. The Bertz CT molecular complexity index is 715. The molecule has 1 N–H and O–H groups in total. The van der Waals surface area contributed by atoms with Crippen molar-refractivity contribution in [2.75, 3.05) is 6.54 Å². The van der Waals surface area contributed by atoms with Crippen molar-refractivity contribution in [3.8, 4) is 0 Å². The molecule has 0 aliphatic rings. The Morgan fingerprint density at radius 1 is 1.05 bits per heavy atom. The molecule has 0 amide bonds. The Labute approximate surface area is 131 Å². The Hall–Kier alpha value is -1.72. The summed E-state index contributed by atoms with van der Waals surface area (Å²) in [6, 6.07) is 13.9. The minimum Gasteiger partial charge on any atom is -0.211 e. The quantitative estimate of drug-likeness (QED) is 0.794. The molecule has 0 unspecified atom stereocenters. The van der Waals surface area contributed by atoms with Crippen LogP contribution in [0.3, 0.4) is 0 Å². The molecule has 0 fully saturated rings. The van der Waals surface area contributed by atoms with E-state index in [2.05, 4.69) is 16.9 Å². The molecule has 0 aliphatic heterocycles. The lowest BCUT2D eigenvalue weighted by molar-refractivity contribution is 0.572. The topological polar surface area (TPSA) is 46.2 Å². The fraction of sp³-hybridized carbons (Fsp3) is 0.294. The number of nitrogens with one attached hydrogen (secondary N) is 1. The van der Waals surface area contributed by atoms with Crippen molar-refractivity contribution in [1.29, 1.82) is 0 Å². The van der Waals surface area contributed by atoms with Crippen LogP contribution in [0.15, 0.2) is 53.4 Å². The fourth-order valence-electron chi connectivity index (χ4n) is 2.25. The lowest BCUT2D eigenvalue weighted by Gasteiger charge is -2.09. The molecule has 0 saturated carbocycles.